The molecule has 1 heterocycles. The van der Waals surface area contributed by atoms with Crippen molar-refractivity contribution in [1.29, 1.82) is 5.26 Å². The minimum atomic E-state index is -0.327. The molecule has 1 aliphatic carbocycles. The van der Waals surface area contributed by atoms with E-state index in [4.69, 9.17) is 4.74 Å². The molecule has 0 atom stereocenters. The van der Waals surface area contributed by atoms with Crippen LogP contribution in [0.25, 0.3) is 0 Å². The maximum absolute atomic E-state index is 11.6. The van der Waals surface area contributed by atoms with Crippen LogP contribution in [0.5, 0.6) is 0 Å². The molecule has 21 heavy (non-hydrogen) atoms. The molecule has 1 aromatic rings. The van der Waals surface area contributed by atoms with Crippen molar-refractivity contribution in [2.24, 2.45) is 0 Å². The molecule has 5 heteroatoms. The van der Waals surface area contributed by atoms with Crippen molar-refractivity contribution in [3.8, 4) is 6.07 Å². The summed E-state index contributed by atoms with van der Waals surface area (Å²) in [6.45, 7) is 4.06. The van der Waals surface area contributed by atoms with Gasteiger partial charge in [0.2, 0.25) is 0 Å². The Labute approximate surface area is 125 Å². The second-order valence-corrected chi connectivity index (χ2v) is 5.58. The Balaban J connectivity index is 2.43. The van der Waals surface area contributed by atoms with Crippen LogP contribution in [0.2, 0.25) is 0 Å². The number of rotatable bonds is 4. The fraction of sp³-hybridized carbons (Fsp3) is 0.562. The molecule has 0 saturated heterocycles. The highest BCUT2D eigenvalue weighted by Crippen LogP contribution is 2.27. The standard InChI is InChI=1S/C16H21N3O2/c1-11(2)19(10-15(20)21-3)16-13(9-17)8-12-6-4-5-7-14(12)18-16/h8,11H,4-7,10H2,1-3H3. The quantitative estimate of drug-likeness (QED) is 0.794. The van der Waals surface area contributed by atoms with Gasteiger partial charge in [0.15, 0.2) is 0 Å². The number of aryl methyl sites for hydroxylation is 2. The minimum absolute atomic E-state index is 0.0605. The summed E-state index contributed by atoms with van der Waals surface area (Å²) in [5.74, 6) is 0.269. The number of anilines is 1. The Bertz CT molecular complexity index is 576. The Kier molecular flexibility index (Phi) is 4.79. The van der Waals surface area contributed by atoms with Gasteiger partial charge in [-0.1, -0.05) is 0 Å². The monoisotopic (exact) mass is 287 g/mol. The van der Waals surface area contributed by atoms with Gasteiger partial charge in [-0.05, 0) is 51.2 Å². The fourth-order valence-electron chi connectivity index (χ4n) is 2.63. The Morgan fingerprint density at radius 3 is 2.81 bits per heavy atom. The third kappa shape index (κ3) is 3.33. The number of nitriles is 1. The van der Waals surface area contributed by atoms with Crippen LogP contribution in [0, 0.1) is 11.3 Å². The zero-order chi connectivity index (χ0) is 15.4. The molecule has 0 N–H and O–H groups in total. The smallest absolute Gasteiger partial charge is 0.325 e. The third-order valence-electron chi connectivity index (χ3n) is 3.82. The summed E-state index contributed by atoms with van der Waals surface area (Å²) < 4.78 is 4.75. The van der Waals surface area contributed by atoms with Crippen LogP contribution in [0.15, 0.2) is 6.07 Å². The molecular formula is C16H21N3O2. The third-order valence-corrected chi connectivity index (χ3v) is 3.82. The van der Waals surface area contributed by atoms with E-state index in [0.717, 1.165) is 31.4 Å². The van der Waals surface area contributed by atoms with Gasteiger partial charge in [0, 0.05) is 11.7 Å². The van der Waals surface area contributed by atoms with Gasteiger partial charge < -0.3 is 9.64 Å². The topological polar surface area (TPSA) is 66.2 Å². The lowest BCUT2D eigenvalue weighted by Gasteiger charge is -2.29. The Morgan fingerprint density at radius 1 is 1.48 bits per heavy atom. The van der Waals surface area contributed by atoms with E-state index in [1.165, 1.54) is 12.7 Å². The van der Waals surface area contributed by atoms with Gasteiger partial charge in [-0.25, -0.2) is 4.98 Å². The van der Waals surface area contributed by atoms with Crippen molar-refractivity contribution in [2.45, 2.75) is 45.6 Å². The largest absolute Gasteiger partial charge is 0.468 e. The molecule has 0 spiro atoms. The predicted octanol–water partition coefficient (Wildman–Crippen LogP) is 2.22. The normalized spacial score (nSPS) is 13.5. The zero-order valence-corrected chi connectivity index (χ0v) is 12.8. The van der Waals surface area contributed by atoms with E-state index in [1.54, 1.807) is 0 Å². The Morgan fingerprint density at radius 2 is 2.19 bits per heavy atom. The number of ether oxygens (including phenoxy) is 1. The molecular weight excluding hydrogens is 266 g/mol. The SMILES string of the molecule is COC(=O)CN(c1nc2c(cc1C#N)CCCC2)C(C)C. The Hall–Kier alpha value is -2.09. The van der Waals surface area contributed by atoms with Crippen LogP contribution in [0.1, 0.15) is 43.5 Å². The van der Waals surface area contributed by atoms with E-state index in [-0.39, 0.29) is 18.6 Å². The first kappa shape index (κ1) is 15.3. The van der Waals surface area contributed by atoms with Crippen LogP contribution in [0.3, 0.4) is 0 Å². The molecule has 0 aliphatic heterocycles. The summed E-state index contributed by atoms with van der Waals surface area (Å²) in [4.78, 5) is 18.1. The number of hydrogen-bond donors (Lipinski definition) is 0. The lowest BCUT2D eigenvalue weighted by Crippen LogP contribution is -2.37. The predicted molar refractivity (Wildman–Crippen MR) is 80.1 cm³/mol. The summed E-state index contributed by atoms with van der Waals surface area (Å²) in [5.41, 5.74) is 2.77. The second kappa shape index (κ2) is 6.57. The zero-order valence-electron chi connectivity index (χ0n) is 12.8. The van der Waals surface area contributed by atoms with Crippen molar-refractivity contribution < 1.29 is 9.53 Å². The van der Waals surface area contributed by atoms with E-state index in [1.807, 2.05) is 24.8 Å². The van der Waals surface area contributed by atoms with Gasteiger partial charge in [-0.15, -0.1) is 0 Å². The average molecular weight is 287 g/mol. The van der Waals surface area contributed by atoms with E-state index < -0.39 is 0 Å². The number of aromatic nitrogens is 1. The lowest BCUT2D eigenvalue weighted by atomic mass is 9.94. The molecule has 5 nitrogen and oxygen atoms in total. The molecule has 1 aromatic heterocycles. The first-order valence-electron chi connectivity index (χ1n) is 7.33. The van der Waals surface area contributed by atoms with Crippen LogP contribution in [0.4, 0.5) is 5.82 Å². The number of nitrogens with zero attached hydrogens (tertiary/aromatic N) is 3. The summed E-state index contributed by atoms with van der Waals surface area (Å²) in [5, 5.41) is 9.41. The van der Waals surface area contributed by atoms with Gasteiger partial charge in [0.25, 0.3) is 0 Å². The molecule has 0 amide bonds. The van der Waals surface area contributed by atoms with Crippen molar-refractivity contribution in [1.82, 2.24) is 4.98 Å². The van der Waals surface area contributed by atoms with E-state index in [2.05, 4.69) is 11.1 Å². The van der Waals surface area contributed by atoms with Crippen LogP contribution in [-0.4, -0.2) is 30.6 Å². The molecule has 0 unspecified atom stereocenters. The van der Waals surface area contributed by atoms with Crippen molar-refractivity contribution in [3.63, 3.8) is 0 Å². The second-order valence-electron chi connectivity index (χ2n) is 5.58. The van der Waals surface area contributed by atoms with Crippen LogP contribution >= 0.6 is 0 Å². The van der Waals surface area contributed by atoms with Crippen molar-refractivity contribution in [2.75, 3.05) is 18.6 Å². The minimum Gasteiger partial charge on any atom is -0.468 e. The molecule has 0 fully saturated rings. The van der Waals surface area contributed by atoms with Crippen molar-refractivity contribution >= 4 is 11.8 Å². The molecule has 0 aromatic carbocycles. The van der Waals surface area contributed by atoms with Gasteiger partial charge in [-0.2, -0.15) is 5.26 Å². The number of hydrogen-bond acceptors (Lipinski definition) is 5. The number of pyridine rings is 1. The molecule has 112 valence electrons. The van der Waals surface area contributed by atoms with Crippen molar-refractivity contribution in [3.05, 3.63) is 22.9 Å². The summed E-state index contributed by atoms with van der Waals surface area (Å²) in [6, 6.07) is 4.21. The van der Waals surface area contributed by atoms with Gasteiger partial charge in [0.05, 0.1) is 12.7 Å². The van der Waals surface area contributed by atoms with E-state index in [0.29, 0.717) is 11.4 Å². The first-order chi connectivity index (χ1) is 10.1. The fourth-order valence-corrected chi connectivity index (χ4v) is 2.63. The number of esters is 1. The average Bonchev–Trinajstić information content (AvgIpc) is 2.50. The number of methoxy groups -OCH3 is 1. The highest BCUT2D eigenvalue weighted by Gasteiger charge is 2.22. The molecule has 0 bridgehead atoms. The number of carbonyl (C=O) groups excluding carboxylic acids is 1. The summed E-state index contributed by atoms with van der Waals surface area (Å²) >= 11 is 0. The summed E-state index contributed by atoms with van der Waals surface area (Å²) in [6.07, 6.45) is 4.20. The number of carbonyl (C=O) groups is 1. The number of fused-ring (bicyclic) bond motifs is 1. The molecule has 2 rings (SSSR count). The maximum atomic E-state index is 11.6. The maximum Gasteiger partial charge on any atom is 0.325 e. The molecule has 0 saturated carbocycles. The van der Waals surface area contributed by atoms with E-state index >= 15 is 0 Å². The highest BCUT2D eigenvalue weighted by molar-refractivity contribution is 5.76. The van der Waals surface area contributed by atoms with Gasteiger partial charge in [-0.3, -0.25) is 4.79 Å². The van der Waals surface area contributed by atoms with Crippen LogP contribution < -0.4 is 4.90 Å². The first-order valence-corrected chi connectivity index (χ1v) is 7.33. The van der Waals surface area contributed by atoms with E-state index in [9.17, 15) is 10.1 Å². The van der Waals surface area contributed by atoms with Gasteiger partial charge >= 0.3 is 5.97 Å². The van der Waals surface area contributed by atoms with Crippen LogP contribution in [-0.2, 0) is 22.4 Å². The molecule has 0 radical (unpaired) electrons. The van der Waals surface area contributed by atoms with Gasteiger partial charge in [0.1, 0.15) is 18.4 Å². The molecule has 1 aliphatic rings. The summed E-state index contributed by atoms with van der Waals surface area (Å²) in [7, 11) is 1.37. The highest BCUT2D eigenvalue weighted by atomic mass is 16.5. The lowest BCUT2D eigenvalue weighted by molar-refractivity contribution is -0.139.